The van der Waals surface area contributed by atoms with Gasteiger partial charge in [0.1, 0.15) is 40.1 Å². The van der Waals surface area contributed by atoms with Gasteiger partial charge >= 0.3 is 5.97 Å². The molecule has 2 N–H and O–H groups in total. The monoisotopic (exact) mass is 469 g/mol. The van der Waals surface area contributed by atoms with Crippen LogP contribution >= 0.6 is 0 Å². The lowest BCUT2D eigenvalue weighted by molar-refractivity contribution is 0.0699. The van der Waals surface area contributed by atoms with E-state index in [1.54, 1.807) is 43.3 Å². The minimum Gasteiger partial charge on any atom is -0.478 e. The number of carbonyl (C=O) groups is 1. The number of aromatic carboxylic acids is 1. The third-order valence-corrected chi connectivity index (χ3v) is 5.61. The van der Waals surface area contributed by atoms with Crippen molar-refractivity contribution in [3.05, 3.63) is 77.6 Å². The maximum atomic E-state index is 13.1. The molecule has 1 heterocycles. The van der Waals surface area contributed by atoms with Crippen molar-refractivity contribution < 1.29 is 31.9 Å². The van der Waals surface area contributed by atoms with Gasteiger partial charge in [0.05, 0.1) is 0 Å². The number of carboxylic acids is 1. The lowest BCUT2D eigenvalue weighted by Crippen LogP contribution is -2.13. The Hall–Kier alpha value is -3.85. The van der Waals surface area contributed by atoms with Gasteiger partial charge < -0.3 is 19.6 Å². The highest BCUT2D eigenvalue weighted by atomic mass is 32.2. The molecule has 0 amide bonds. The van der Waals surface area contributed by atoms with Crippen molar-refractivity contribution in [3.63, 3.8) is 0 Å². The molecule has 0 saturated heterocycles. The van der Waals surface area contributed by atoms with E-state index in [1.807, 2.05) is 0 Å². The zero-order valence-electron chi connectivity index (χ0n) is 17.8. The Labute approximate surface area is 189 Å². The second kappa shape index (κ2) is 8.59. The van der Waals surface area contributed by atoms with Crippen molar-refractivity contribution in [2.45, 2.75) is 6.92 Å². The fraction of sp³-hybridized carbons (Fsp3) is 0.125. The molecule has 0 fully saturated rings. The molecule has 0 unspecified atom stereocenters. The SMILES string of the molecule is Cc1cc2c(C(=O)O)c(-c3ccc(Oc4ccc(F)cc4)cc3)oc2cc1NCS(C)(=O)=O. The predicted octanol–water partition coefficient (Wildman–Crippen LogP) is 5.45. The average molecular weight is 469 g/mol. The number of anilines is 1. The summed E-state index contributed by atoms with van der Waals surface area (Å²) in [5.74, 6) is -0.648. The molecule has 4 aromatic rings. The van der Waals surface area contributed by atoms with Gasteiger partial charge in [0.2, 0.25) is 0 Å². The summed E-state index contributed by atoms with van der Waals surface area (Å²) in [5, 5.41) is 13.1. The van der Waals surface area contributed by atoms with Gasteiger partial charge in [0, 0.05) is 29.0 Å². The Morgan fingerprint density at radius 3 is 2.24 bits per heavy atom. The first-order valence-corrected chi connectivity index (χ1v) is 11.9. The highest BCUT2D eigenvalue weighted by Crippen LogP contribution is 2.37. The minimum absolute atomic E-state index is 0.00923. The zero-order chi connectivity index (χ0) is 23.8. The molecular weight excluding hydrogens is 449 g/mol. The van der Waals surface area contributed by atoms with Gasteiger partial charge in [-0.3, -0.25) is 0 Å². The molecular formula is C24H20FNO6S. The van der Waals surface area contributed by atoms with Crippen LogP contribution in [-0.2, 0) is 9.84 Å². The van der Waals surface area contributed by atoms with Gasteiger partial charge in [-0.25, -0.2) is 17.6 Å². The Kier molecular flexibility index (Phi) is 5.82. The number of rotatable bonds is 7. The molecule has 1 aromatic heterocycles. The Bertz CT molecular complexity index is 1440. The average Bonchev–Trinajstić information content (AvgIpc) is 3.12. The number of fused-ring (bicyclic) bond motifs is 1. The van der Waals surface area contributed by atoms with E-state index in [9.17, 15) is 22.7 Å². The minimum atomic E-state index is -3.25. The molecule has 0 aliphatic carbocycles. The van der Waals surface area contributed by atoms with Gasteiger partial charge in [-0.15, -0.1) is 0 Å². The predicted molar refractivity (Wildman–Crippen MR) is 123 cm³/mol. The molecule has 0 atom stereocenters. The van der Waals surface area contributed by atoms with Crippen LogP contribution in [0.4, 0.5) is 10.1 Å². The van der Waals surface area contributed by atoms with Crippen molar-refractivity contribution in [3.8, 4) is 22.8 Å². The molecule has 0 aliphatic rings. The number of sulfone groups is 1. The number of nitrogens with one attached hydrogen (secondary N) is 1. The number of hydrogen-bond acceptors (Lipinski definition) is 6. The van der Waals surface area contributed by atoms with Gasteiger partial charge in [-0.05, 0) is 67.1 Å². The molecule has 0 bridgehead atoms. The van der Waals surface area contributed by atoms with Crippen molar-refractivity contribution in [2.24, 2.45) is 0 Å². The van der Waals surface area contributed by atoms with E-state index in [0.717, 1.165) is 6.26 Å². The summed E-state index contributed by atoms with van der Waals surface area (Å²) in [6.07, 6.45) is 1.12. The summed E-state index contributed by atoms with van der Waals surface area (Å²) >= 11 is 0. The molecule has 0 spiro atoms. The van der Waals surface area contributed by atoms with E-state index in [1.165, 1.54) is 24.3 Å². The zero-order valence-corrected chi connectivity index (χ0v) is 18.6. The Morgan fingerprint density at radius 1 is 1.06 bits per heavy atom. The topological polar surface area (TPSA) is 106 Å². The van der Waals surface area contributed by atoms with Crippen LogP contribution in [0.1, 0.15) is 15.9 Å². The highest BCUT2D eigenvalue weighted by molar-refractivity contribution is 7.90. The first-order valence-electron chi connectivity index (χ1n) is 9.86. The van der Waals surface area contributed by atoms with Crippen LogP contribution in [0.25, 0.3) is 22.3 Å². The summed E-state index contributed by atoms with van der Waals surface area (Å²) < 4.78 is 47.6. The van der Waals surface area contributed by atoms with Gasteiger partial charge in [-0.1, -0.05) is 0 Å². The summed E-state index contributed by atoms with van der Waals surface area (Å²) in [7, 11) is -3.25. The van der Waals surface area contributed by atoms with Crippen LogP contribution in [0.3, 0.4) is 0 Å². The molecule has 3 aromatic carbocycles. The maximum absolute atomic E-state index is 13.1. The molecule has 33 heavy (non-hydrogen) atoms. The summed E-state index contributed by atoms with van der Waals surface area (Å²) in [4.78, 5) is 12.0. The molecule has 0 aliphatic heterocycles. The van der Waals surface area contributed by atoms with E-state index in [0.29, 0.717) is 39.3 Å². The first kappa shape index (κ1) is 22.3. The lowest BCUT2D eigenvalue weighted by atomic mass is 10.0. The van der Waals surface area contributed by atoms with Crippen LogP contribution in [0.15, 0.2) is 65.1 Å². The van der Waals surface area contributed by atoms with E-state index < -0.39 is 15.8 Å². The number of ether oxygens (including phenoxy) is 1. The molecule has 7 nitrogen and oxygen atoms in total. The van der Waals surface area contributed by atoms with Crippen molar-refractivity contribution in [1.82, 2.24) is 0 Å². The second-order valence-electron chi connectivity index (χ2n) is 7.60. The number of furan rings is 1. The molecule has 4 rings (SSSR count). The number of hydrogen-bond donors (Lipinski definition) is 2. The van der Waals surface area contributed by atoms with E-state index in [-0.39, 0.29) is 23.0 Å². The summed E-state index contributed by atoms with van der Waals surface area (Å²) in [5.41, 5.74) is 2.07. The van der Waals surface area contributed by atoms with Crippen LogP contribution in [0.5, 0.6) is 11.5 Å². The van der Waals surface area contributed by atoms with Crippen molar-refractivity contribution in [2.75, 3.05) is 17.4 Å². The largest absolute Gasteiger partial charge is 0.478 e. The van der Waals surface area contributed by atoms with Crippen molar-refractivity contribution >= 4 is 32.5 Å². The normalized spacial score (nSPS) is 11.5. The highest BCUT2D eigenvalue weighted by Gasteiger charge is 2.23. The smallest absolute Gasteiger partial charge is 0.340 e. The van der Waals surface area contributed by atoms with E-state index in [4.69, 9.17) is 9.15 Å². The molecule has 0 saturated carbocycles. The third kappa shape index (κ3) is 4.98. The quantitative estimate of drug-likeness (QED) is 0.371. The third-order valence-electron chi connectivity index (χ3n) is 4.94. The number of halogens is 1. The first-order chi connectivity index (χ1) is 15.6. The molecule has 0 radical (unpaired) electrons. The second-order valence-corrected chi connectivity index (χ2v) is 9.74. The maximum Gasteiger partial charge on any atom is 0.340 e. The Balaban J connectivity index is 1.69. The van der Waals surface area contributed by atoms with Gasteiger partial charge in [0.15, 0.2) is 9.84 Å². The van der Waals surface area contributed by atoms with Gasteiger partial charge in [0.25, 0.3) is 0 Å². The fourth-order valence-electron chi connectivity index (χ4n) is 3.38. The number of carboxylic acid groups (broad SMARTS) is 1. The molecule has 9 heteroatoms. The van der Waals surface area contributed by atoms with Crippen LogP contribution in [-0.4, -0.2) is 31.6 Å². The van der Waals surface area contributed by atoms with Crippen molar-refractivity contribution in [1.29, 1.82) is 0 Å². The van der Waals surface area contributed by atoms with Crippen LogP contribution in [0, 0.1) is 12.7 Å². The van der Waals surface area contributed by atoms with E-state index >= 15 is 0 Å². The lowest BCUT2D eigenvalue weighted by Gasteiger charge is -2.08. The fourth-order valence-corrected chi connectivity index (χ4v) is 3.80. The number of aryl methyl sites for hydroxylation is 1. The number of benzene rings is 3. The molecule has 170 valence electrons. The standard InChI is InChI=1S/C24H20FNO6S/c1-14-11-19-21(12-20(14)26-13-33(2,29)30)32-23(22(19)24(27)28)15-3-7-17(8-4-15)31-18-9-5-16(25)6-10-18/h3-12,26H,13H2,1-2H3,(H,27,28). The summed E-state index contributed by atoms with van der Waals surface area (Å²) in [6, 6.07) is 15.5. The summed E-state index contributed by atoms with van der Waals surface area (Å²) in [6.45, 7) is 1.75. The van der Waals surface area contributed by atoms with Crippen LogP contribution < -0.4 is 10.1 Å². The van der Waals surface area contributed by atoms with Crippen LogP contribution in [0.2, 0.25) is 0 Å². The Morgan fingerprint density at radius 2 is 1.67 bits per heavy atom. The van der Waals surface area contributed by atoms with Gasteiger partial charge in [-0.2, -0.15) is 0 Å². The van der Waals surface area contributed by atoms with E-state index in [2.05, 4.69) is 5.32 Å².